The van der Waals surface area contributed by atoms with Crippen LogP contribution in [0.1, 0.15) is 35.8 Å². The molecule has 1 amide bonds. The maximum absolute atomic E-state index is 13.8. The van der Waals surface area contributed by atoms with Crippen LogP contribution < -0.4 is 0 Å². The number of benzene rings is 2. The van der Waals surface area contributed by atoms with Gasteiger partial charge in [-0.25, -0.2) is 9.07 Å². The van der Waals surface area contributed by atoms with E-state index in [-0.39, 0.29) is 29.5 Å². The summed E-state index contributed by atoms with van der Waals surface area (Å²) < 4.78 is 22.5. The van der Waals surface area contributed by atoms with Crippen LogP contribution in [0.25, 0.3) is 5.69 Å². The predicted molar refractivity (Wildman–Crippen MR) is 136 cm³/mol. The van der Waals surface area contributed by atoms with Gasteiger partial charge >= 0.3 is 0 Å². The summed E-state index contributed by atoms with van der Waals surface area (Å²) in [5, 5.41) is 8.27. The highest BCUT2D eigenvalue weighted by molar-refractivity contribution is 9.10. The lowest BCUT2D eigenvalue weighted by atomic mass is 9.96. The van der Waals surface area contributed by atoms with Crippen LogP contribution >= 0.6 is 31.9 Å². The van der Waals surface area contributed by atoms with Gasteiger partial charge in [-0.2, -0.15) is 0 Å². The van der Waals surface area contributed by atoms with Crippen molar-refractivity contribution in [2.75, 3.05) is 19.7 Å². The zero-order valence-corrected chi connectivity index (χ0v) is 22.3. The van der Waals surface area contributed by atoms with Gasteiger partial charge in [0, 0.05) is 48.5 Å². The van der Waals surface area contributed by atoms with E-state index in [2.05, 4.69) is 42.2 Å². The number of Topliss-reactive ketones (excluding diaryl/α,β-unsaturated/α-hetero) is 1. The number of hydrogen-bond acceptors (Lipinski definition) is 5. The van der Waals surface area contributed by atoms with Gasteiger partial charge in [-0.05, 0) is 46.1 Å². The van der Waals surface area contributed by atoms with Gasteiger partial charge in [-0.1, -0.05) is 40.2 Å². The zero-order chi connectivity index (χ0) is 24.9. The number of aromatic nitrogens is 3. The number of ether oxygens (including phenoxy) is 1. The highest BCUT2D eigenvalue weighted by Gasteiger charge is 2.26. The lowest BCUT2D eigenvalue weighted by Gasteiger charge is -2.33. The fourth-order valence-electron chi connectivity index (χ4n) is 4.02. The van der Waals surface area contributed by atoms with E-state index >= 15 is 0 Å². The van der Waals surface area contributed by atoms with Gasteiger partial charge in [0.25, 0.3) is 0 Å². The first-order valence-electron chi connectivity index (χ1n) is 11.3. The molecule has 3 aromatic rings. The molecule has 2 unspecified atom stereocenters. The van der Waals surface area contributed by atoms with E-state index in [9.17, 15) is 14.0 Å². The first kappa shape index (κ1) is 25.7. The number of amides is 1. The molecule has 1 saturated heterocycles. The zero-order valence-electron chi connectivity index (χ0n) is 19.2. The van der Waals surface area contributed by atoms with Crippen molar-refractivity contribution in [3.05, 3.63) is 74.7 Å². The molecule has 7 nitrogen and oxygen atoms in total. The molecule has 0 saturated carbocycles. The lowest BCUT2D eigenvalue weighted by Crippen LogP contribution is -2.46. The summed E-state index contributed by atoms with van der Waals surface area (Å²) in [6, 6.07) is 12.0. The van der Waals surface area contributed by atoms with Gasteiger partial charge in [-0.15, -0.1) is 5.10 Å². The minimum Gasteiger partial charge on any atom is -0.374 e. The van der Waals surface area contributed by atoms with Crippen LogP contribution in [-0.2, 0) is 16.0 Å². The van der Waals surface area contributed by atoms with Gasteiger partial charge in [-0.3, -0.25) is 9.59 Å². The second kappa shape index (κ2) is 11.5. The number of ketones is 1. The van der Waals surface area contributed by atoms with E-state index in [0.717, 1.165) is 4.47 Å². The molecule has 0 bridgehead atoms. The Balaban J connectivity index is 1.29. The van der Waals surface area contributed by atoms with Crippen molar-refractivity contribution in [1.82, 2.24) is 19.9 Å². The molecule has 2 aromatic carbocycles. The smallest absolute Gasteiger partial charge is 0.223 e. The molecular formula is C25H25Br2FN4O3. The van der Waals surface area contributed by atoms with Gasteiger partial charge in [0.05, 0.1) is 34.8 Å². The Labute approximate surface area is 219 Å². The van der Waals surface area contributed by atoms with E-state index in [4.69, 9.17) is 4.74 Å². The van der Waals surface area contributed by atoms with E-state index in [0.29, 0.717) is 60.4 Å². The van der Waals surface area contributed by atoms with Crippen molar-refractivity contribution in [3.63, 3.8) is 0 Å². The van der Waals surface area contributed by atoms with Gasteiger partial charge in [0.2, 0.25) is 5.91 Å². The Bertz CT molecular complexity index is 1200. The summed E-state index contributed by atoms with van der Waals surface area (Å²) in [7, 11) is 0. The molecule has 1 aliphatic heterocycles. The van der Waals surface area contributed by atoms with E-state index in [1.54, 1.807) is 35.4 Å². The van der Waals surface area contributed by atoms with E-state index in [1.807, 2.05) is 19.1 Å². The second-order valence-electron chi connectivity index (χ2n) is 8.73. The summed E-state index contributed by atoms with van der Waals surface area (Å²) in [5.74, 6) is -0.391. The third-order valence-electron chi connectivity index (χ3n) is 5.86. The largest absolute Gasteiger partial charge is 0.374 e. The Kier molecular flexibility index (Phi) is 8.46. The third-order valence-corrected chi connectivity index (χ3v) is 7.03. The van der Waals surface area contributed by atoms with Crippen LogP contribution in [0.2, 0.25) is 0 Å². The number of carbonyl (C=O) groups is 2. The quantitative estimate of drug-likeness (QED) is 0.337. The first-order valence-corrected chi connectivity index (χ1v) is 12.9. The van der Waals surface area contributed by atoms with E-state index < -0.39 is 0 Å². The molecule has 0 aliphatic carbocycles. The van der Waals surface area contributed by atoms with Crippen LogP contribution in [-0.4, -0.2) is 57.4 Å². The van der Waals surface area contributed by atoms with Crippen molar-refractivity contribution in [3.8, 4) is 5.69 Å². The van der Waals surface area contributed by atoms with Crippen molar-refractivity contribution >= 4 is 43.6 Å². The minimum atomic E-state index is -0.378. The van der Waals surface area contributed by atoms with Crippen LogP contribution in [0, 0.1) is 11.7 Å². The number of morpholine rings is 1. The average molecular weight is 608 g/mol. The molecule has 10 heteroatoms. The Morgan fingerprint density at radius 3 is 2.69 bits per heavy atom. The van der Waals surface area contributed by atoms with Gasteiger partial charge < -0.3 is 9.64 Å². The molecule has 1 fully saturated rings. The van der Waals surface area contributed by atoms with Crippen molar-refractivity contribution < 1.29 is 18.7 Å². The topological polar surface area (TPSA) is 77.3 Å². The number of halogens is 3. The molecule has 2 atom stereocenters. The highest BCUT2D eigenvalue weighted by Crippen LogP contribution is 2.20. The number of rotatable bonds is 8. The molecule has 184 valence electrons. The molecule has 1 aromatic heterocycles. The monoisotopic (exact) mass is 606 g/mol. The minimum absolute atomic E-state index is 0.0170. The molecule has 4 rings (SSSR count). The van der Waals surface area contributed by atoms with Gasteiger partial charge in [0.15, 0.2) is 5.78 Å². The average Bonchev–Trinajstić information content (AvgIpc) is 3.29. The fourth-order valence-corrected chi connectivity index (χ4v) is 4.53. The predicted octanol–water partition coefficient (Wildman–Crippen LogP) is 5.00. The van der Waals surface area contributed by atoms with Crippen LogP contribution in [0.5, 0.6) is 0 Å². The number of nitrogens with zero attached hydrogens (tertiary/aromatic N) is 4. The Morgan fingerprint density at radius 1 is 1.17 bits per heavy atom. The first-order chi connectivity index (χ1) is 16.8. The summed E-state index contributed by atoms with van der Waals surface area (Å²) in [6.45, 7) is 3.34. The van der Waals surface area contributed by atoms with Crippen LogP contribution in [0.4, 0.5) is 4.39 Å². The highest BCUT2D eigenvalue weighted by atomic mass is 79.9. The molecule has 35 heavy (non-hydrogen) atoms. The second-order valence-corrected chi connectivity index (χ2v) is 10.5. The normalized spacial score (nSPS) is 16.8. The maximum Gasteiger partial charge on any atom is 0.223 e. The number of hydrogen-bond donors (Lipinski definition) is 0. The molecule has 0 N–H and O–H groups in total. The maximum atomic E-state index is 13.8. The number of carbonyl (C=O) groups excluding carboxylic acids is 2. The summed E-state index contributed by atoms with van der Waals surface area (Å²) >= 11 is 6.51. The third kappa shape index (κ3) is 6.83. The SMILES string of the molecule is CC(CC(=O)c1ccc(Br)cc1)CC(=O)N1CCOC(Cc2cn(-c3ccc(Br)c(F)c3)nn2)C1. The van der Waals surface area contributed by atoms with Crippen molar-refractivity contribution in [2.45, 2.75) is 32.3 Å². The van der Waals surface area contributed by atoms with E-state index in [1.165, 1.54) is 10.7 Å². The molecular weight excluding hydrogens is 583 g/mol. The Morgan fingerprint density at radius 2 is 1.94 bits per heavy atom. The Hall–Kier alpha value is -2.43. The van der Waals surface area contributed by atoms with Crippen molar-refractivity contribution in [1.29, 1.82) is 0 Å². The summed E-state index contributed by atoms with van der Waals surface area (Å²) in [4.78, 5) is 27.2. The fraction of sp³-hybridized carbons (Fsp3) is 0.360. The van der Waals surface area contributed by atoms with Gasteiger partial charge in [0.1, 0.15) is 5.82 Å². The molecule has 0 spiro atoms. The van der Waals surface area contributed by atoms with Crippen LogP contribution in [0.15, 0.2) is 57.6 Å². The molecule has 1 aliphatic rings. The van der Waals surface area contributed by atoms with Crippen LogP contribution in [0.3, 0.4) is 0 Å². The van der Waals surface area contributed by atoms with Crippen molar-refractivity contribution in [2.24, 2.45) is 5.92 Å². The molecule has 0 radical (unpaired) electrons. The molecule has 2 heterocycles. The summed E-state index contributed by atoms with van der Waals surface area (Å²) in [5.41, 5.74) is 1.91. The lowest BCUT2D eigenvalue weighted by molar-refractivity contribution is -0.139. The standard InChI is InChI=1S/C25H25Br2FN4O3/c1-16(10-24(33)17-2-4-18(26)5-3-17)11-25(34)31-8-9-35-21(15-31)12-19-14-32(30-29-19)20-6-7-22(27)23(28)13-20/h2-7,13-14,16,21H,8-12,15H2,1H3. The summed E-state index contributed by atoms with van der Waals surface area (Å²) in [6.07, 6.45) is 2.64.